The van der Waals surface area contributed by atoms with Gasteiger partial charge in [-0.25, -0.2) is 14.4 Å². The third-order valence-electron chi connectivity index (χ3n) is 4.73. The van der Waals surface area contributed by atoms with Gasteiger partial charge in [0.2, 0.25) is 0 Å². The second kappa shape index (κ2) is 9.02. The zero-order valence-corrected chi connectivity index (χ0v) is 17.9. The topological polar surface area (TPSA) is 85.0 Å². The van der Waals surface area contributed by atoms with Gasteiger partial charge >= 0.3 is 0 Å². The van der Waals surface area contributed by atoms with Crippen LogP contribution < -0.4 is 14.8 Å². The van der Waals surface area contributed by atoms with Crippen LogP contribution in [0.4, 0.5) is 10.2 Å². The van der Waals surface area contributed by atoms with E-state index in [0.717, 1.165) is 16.3 Å². The van der Waals surface area contributed by atoms with Crippen molar-refractivity contribution in [1.29, 1.82) is 5.26 Å². The van der Waals surface area contributed by atoms with E-state index in [1.807, 2.05) is 24.4 Å². The molecule has 0 saturated heterocycles. The number of hydrogen-bond acceptors (Lipinski definition) is 7. The van der Waals surface area contributed by atoms with Crippen molar-refractivity contribution in [3.05, 3.63) is 53.6 Å². The van der Waals surface area contributed by atoms with Crippen molar-refractivity contribution < 1.29 is 13.9 Å². The number of thiophene rings is 1. The first-order valence-corrected chi connectivity index (χ1v) is 10.6. The van der Waals surface area contributed by atoms with E-state index >= 15 is 0 Å². The summed E-state index contributed by atoms with van der Waals surface area (Å²) in [5.74, 6) is 1.47. The summed E-state index contributed by atoms with van der Waals surface area (Å²) in [7, 11) is 1.48. The third-order valence-corrected chi connectivity index (χ3v) is 5.66. The zero-order valence-electron chi connectivity index (χ0n) is 17.1. The number of nitrogens with zero attached hydrogens (tertiary/aromatic N) is 4. The van der Waals surface area contributed by atoms with Gasteiger partial charge in [-0.3, -0.25) is 0 Å². The van der Waals surface area contributed by atoms with Crippen LogP contribution in [0.2, 0.25) is 0 Å². The lowest BCUT2D eigenvalue weighted by Crippen LogP contribution is -2.12. The van der Waals surface area contributed by atoms with Gasteiger partial charge in [0.05, 0.1) is 29.8 Å². The minimum Gasteiger partial charge on any atom is -0.496 e. The van der Waals surface area contributed by atoms with E-state index < -0.39 is 5.82 Å². The molecule has 0 saturated carbocycles. The number of halogens is 1. The smallest absolute Gasteiger partial charge is 0.131 e. The molecule has 31 heavy (non-hydrogen) atoms. The number of nitrogens with one attached hydrogen (secondary N) is 1. The van der Waals surface area contributed by atoms with Crippen LogP contribution in [-0.2, 0) is 6.54 Å². The van der Waals surface area contributed by atoms with Gasteiger partial charge in [0, 0.05) is 42.1 Å². The van der Waals surface area contributed by atoms with Crippen molar-refractivity contribution >= 4 is 28.1 Å². The normalized spacial score (nSPS) is 10.8. The van der Waals surface area contributed by atoms with Gasteiger partial charge in [-0.1, -0.05) is 0 Å². The minimum atomic E-state index is -0.413. The van der Waals surface area contributed by atoms with E-state index in [1.165, 1.54) is 25.6 Å². The van der Waals surface area contributed by atoms with Crippen molar-refractivity contribution in [3.63, 3.8) is 0 Å². The van der Waals surface area contributed by atoms with Crippen LogP contribution >= 0.6 is 11.3 Å². The minimum absolute atomic E-state index is 0.404. The van der Waals surface area contributed by atoms with E-state index in [0.29, 0.717) is 47.9 Å². The van der Waals surface area contributed by atoms with Crippen LogP contribution in [0.1, 0.15) is 12.6 Å². The first kappa shape index (κ1) is 20.6. The molecule has 4 rings (SSSR count). The first-order chi connectivity index (χ1) is 15.1. The second-order valence-electron chi connectivity index (χ2n) is 6.63. The van der Waals surface area contributed by atoms with Gasteiger partial charge in [0.1, 0.15) is 41.2 Å². The summed E-state index contributed by atoms with van der Waals surface area (Å²) in [6, 6.07) is 10.4. The molecule has 0 aliphatic heterocycles. The molecule has 0 aliphatic carbocycles. The third kappa shape index (κ3) is 4.29. The summed E-state index contributed by atoms with van der Waals surface area (Å²) in [4.78, 5) is 9.59. The molecule has 0 amide bonds. The monoisotopic (exact) mass is 437 g/mol. The Morgan fingerprint density at radius 3 is 2.87 bits per heavy atom. The summed E-state index contributed by atoms with van der Waals surface area (Å²) < 4.78 is 26.5. The van der Waals surface area contributed by atoms with Gasteiger partial charge in [0.25, 0.3) is 0 Å². The average molecular weight is 438 g/mol. The van der Waals surface area contributed by atoms with Crippen LogP contribution in [0.15, 0.2) is 42.0 Å². The Kier molecular flexibility index (Phi) is 6.00. The second-order valence-corrected chi connectivity index (χ2v) is 7.54. The Hall–Kier alpha value is -3.64. The fourth-order valence-corrected chi connectivity index (χ4v) is 4.17. The van der Waals surface area contributed by atoms with Crippen molar-refractivity contribution in [1.82, 2.24) is 14.5 Å². The number of fused-ring (bicyclic) bond motifs is 1. The number of rotatable bonds is 8. The molecule has 0 bridgehead atoms. The number of aromatic nitrogens is 3. The Morgan fingerprint density at radius 1 is 1.23 bits per heavy atom. The summed E-state index contributed by atoms with van der Waals surface area (Å²) in [6.45, 7) is 3.50. The first-order valence-electron chi connectivity index (χ1n) is 9.67. The lowest BCUT2D eigenvalue weighted by atomic mass is 10.2. The standard InChI is InChI=1S/C22H20FN5O2S/c1-3-30-16-9-21(31-12-16)18-10-22(27-13-26-18)25-4-5-28-15(11-24)8-17-19(28)6-14(23)7-20(17)29-2/h6-10,12-13H,3-5H2,1-2H3,(H,25,26,27). The summed E-state index contributed by atoms with van der Waals surface area (Å²) in [5, 5.41) is 15.4. The molecule has 4 aromatic rings. The maximum atomic E-state index is 14.0. The number of anilines is 1. The van der Waals surface area contributed by atoms with Crippen LogP contribution in [0.25, 0.3) is 21.5 Å². The largest absolute Gasteiger partial charge is 0.496 e. The van der Waals surface area contributed by atoms with E-state index in [4.69, 9.17) is 9.47 Å². The molecule has 0 unspecified atom stereocenters. The maximum absolute atomic E-state index is 14.0. The van der Waals surface area contributed by atoms with Crippen molar-refractivity contribution in [2.45, 2.75) is 13.5 Å². The molecule has 1 aromatic carbocycles. The van der Waals surface area contributed by atoms with Gasteiger partial charge in [-0.15, -0.1) is 11.3 Å². The predicted octanol–water partition coefficient (Wildman–Crippen LogP) is 4.69. The molecule has 158 valence electrons. The molecular formula is C22H20FN5O2S. The van der Waals surface area contributed by atoms with Gasteiger partial charge < -0.3 is 19.4 Å². The SMILES string of the molecule is CCOc1csc(-c2cc(NCCn3c(C#N)cc4c(OC)cc(F)cc43)ncn2)c1. The van der Waals surface area contributed by atoms with Crippen LogP contribution in [0.5, 0.6) is 11.5 Å². The van der Waals surface area contributed by atoms with Gasteiger partial charge in [0.15, 0.2) is 0 Å². The zero-order chi connectivity index (χ0) is 21.8. The number of benzene rings is 1. The summed E-state index contributed by atoms with van der Waals surface area (Å²) in [6.07, 6.45) is 1.50. The Morgan fingerprint density at radius 2 is 2.10 bits per heavy atom. The highest BCUT2D eigenvalue weighted by Gasteiger charge is 2.14. The molecule has 0 fully saturated rings. The van der Waals surface area contributed by atoms with E-state index in [-0.39, 0.29) is 0 Å². The fraction of sp³-hybridized carbons (Fsp3) is 0.227. The Balaban J connectivity index is 1.51. The van der Waals surface area contributed by atoms with E-state index in [1.54, 1.807) is 22.0 Å². The molecule has 3 heterocycles. The molecule has 1 N–H and O–H groups in total. The predicted molar refractivity (Wildman–Crippen MR) is 118 cm³/mol. The number of hydrogen-bond donors (Lipinski definition) is 1. The maximum Gasteiger partial charge on any atom is 0.131 e. The van der Waals surface area contributed by atoms with Crippen LogP contribution in [-0.4, -0.2) is 34.8 Å². The van der Waals surface area contributed by atoms with E-state index in [2.05, 4.69) is 21.4 Å². The lowest BCUT2D eigenvalue weighted by Gasteiger charge is -2.10. The lowest BCUT2D eigenvalue weighted by molar-refractivity contribution is 0.342. The summed E-state index contributed by atoms with van der Waals surface area (Å²) >= 11 is 1.55. The average Bonchev–Trinajstić information content (AvgIpc) is 3.38. The molecule has 0 radical (unpaired) electrons. The number of methoxy groups -OCH3 is 1. The molecule has 0 spiro atoms. The Labute approximate surface area is 182 Å². The van der Waals surface area contributed by atoms with Crippen molar-refractivity contribution in [2.24, 2.45) is 0 Å². The highest BCUT2D eigenvalue weighted by atomic mass is 32.1. The molecule has 9 heteroatoms. The molecule has 7 nitrogen and oxygen atoms in total. The molecule has 3 aromatic heterocycles. The van der Waals surface area contributed by atoms with E-state index in [9.17, 15) is 9.65 Å². The molecular weight excluding hydrogens is 417 g/mol. The fourth-order valence-electron chi connectivity index (χ4n) is 3.37. The highest BCUT2D eigenvalue weighted by Crippen LogP contribution is 2.31. The highest BCUT2D eigenvalue weighted by molar-refractivity contribution is 7.13. The molecule has 0 aliphatic rings. The van der Waals surface area contributed by atoms with Crippen LogP contribution in [0, 0.1) is 17.1 Å². The number of nitriles is 1. The van der Waals surface area contributed by atoms with Crippen LogP contribution in [0.3, 0.4) is 0 Å². The van der Waals surface area contributed by atoms with Gasteiger partial charge in [-0.2, -0.15) is 5.26 Å². The molecule has 0 atom stereocenters. The number of ether oxygens (including phenoxy) is 2. The Bertz CT molecular complexity index is 1260. The van der Waals surface area contributed by atoms with Crippen molar-refractivity contribution in [2.75, 3.05) is 25.6 Å². The van der Waals surface area contributed by atoms with Gasteiger partial charge in [-0.05, 0) is 19.1 Å². The quantitative estimate of drug-likeness (QED) is 0.430. The summed E-state index contributed by atoms with van der Waals surface area (Å²) in [5.41, 5.74) is 1.84. The van der Waals surface area contributed by atoms with Crippen molar-refractivity contribution in [3.8, 4) is 28.1 Å².